The van der Waals surface area contributed by atoms with E-state index < -0.39 is 17.6 Å². The van der Waals surface area contributed by atoms with Crippen LogP contribution in [0, 0.1) is 0 Å². The van der Waals surface area contributed by atoms with E-state index in [1.807, 2.05) is 0 Å². The summed E-state index contributed by atoms with van der Waals surface area (Å²) < 4.78 is 5.17. The minimum atomic E-state index is -2.63. The molecule has 0 bridgehead atoms. The van der Waals surface area contributed by atoms with Crippen molar-refractivity contribution < 1.29 is 19.7 Å². The second kappa shape index (κ2) is 5.06. The first-order valence-electron chi connectivity index (χ1n) is 5.44. The molecule has 0 saturated carbocycles. The van der Waals surface area contributed by atoms with Crippen LogP contribution in [0.15, 0.2) is 4.60 Å². The monoisotopic (exact) mass is 336 g/mol. The molecule has 19 heavy (non-hydrogen) atoms. The summed E-state index contributed by atoms with van der Waals surface area (Å²) in [6.07, 6.45) is -0.893. The van der Waals surface area contributed by atoms with Crippen LogP contribution in [0.25, 0.3) is 0 Å². The fourth-order valence-corrected chi connectivity index (χ4v) is 1.78. The van der Waals surface area contributed by atoms with Gasteiger partial charge in [0, 0.05) is 14.1 Å². The predicted octanol–water partition coefficient (Wildman–Crippen LogP) is 0.539. The lowest BCUT2D eigenvalue weighted by Crippen LogP contribution is -2.49. The van der Waals surface area contributed by atoms with Gasteiger partial charge in [0.25, 0.3) is 0 Å². The Balaban J connectivity index is 3.00. The molecule has 1 rings (SSSR count). The van der Waals surface area contributed by atoms with Gasteiger partial charge >= 0.3 is 12.0 Å². The van der Waals surface area contributed by atoms with E-state index in [0.29, 0.717) is 4.90 Å². The number of aliphatic hydroxyl groups is 2. The van der Waals surface area contributed by atoms with E-state index in [2.05, 4.69) is 26.1 Å². The van der Waals surface area contributed by atoms with Gasteiger partial charge in [-0.2, -0.15) is 4.80 Å². The van der Waals surface area contributed by atoms with E-state index in [9.17, 15) is 15.0 Å². The van der Waals surface area contributed by atoms with Crippen molar-refractivity contribution in [1.29, 1.82) is 0 Å². The average molecular weight is 337 g/mol. The maximum absolute atomic E-state index is 11.8. The first-order chi connectivity index (χ1) is 8.45. The SMILES string of the molecule is CN(C(=O)OC(C)(C)C)C(O)(O)c1nn(C)nc1Br. The first-order valence-corrected chi connectivity index (χ1v) is 6.23. The molecule has 0 spiro atoms. The molecular weight excluding hydrogens is 320 g/mol. The number of rotatable bonds is 2. The van der Waals surface area contributed by atoms with Gasteiger partial charge in [0.05, 0.1) is 0 Å². The van der Waals surface area contributed by atoms with Gasteiger partial charge in [0.15, 0.2) is 10.3 Å². The number of amides is 1. The van der Waals surface area contributed by atoms with Crippen molar-refractivity contribution in [2.75, 3.05) is 7.05 Å². The maximum Gasteiger partial charge on any atom is 0.414 e. The topological polar surface area (TPSA) is 101 Å². The molecule has 0 aliphatic heterocycles. The van der Waals surface area contributed by atoms with Crippen molar-refractivity contribution >= 4 is 22.0 Å². The minimum Gasteiger partial charge on any atom is -0.444 e. The fourth-order valence-electron chi connectivity index (χ4n) is 1.20. The molecule has 8 nitrogen and oxygen atoms in total. The minimum absolute atomic E-state index is 0.121. The summed E-state index contributed by atoms with van der Waals surface area (Å²) in [4.78, 5) is 13.6. The zero-order chi connectivity index (χ0) is 15.0. The standard InChI is InChI=1S/C10H17BrN4O4/c1-9(2,3)19-8(16)14(4)10(17,18)6-7(11)13-15(5)12-6/h17-18H,1-5H3. The molecule has 0 aliphatic carbocycles. The lowest BCUT2D eigenvalue weighted by molar-refractivity contribution is -0.258. The van der Waals surface area contributed by atoms with E-state index in [0.717, 1.165) is 4.80 Å². The third kappa shape index (κ3) is 3.64. The van der Waals surface area contributed by atoms with Crippen LogP contribution >= 0.6 is 15.9 Å². The predicted molar refractivity (Wildman–Crippen MR) is 68.8 cm³/mol. The summed E-state index contributed by atoms with van der Waals surface area (Å²) in [7, 11) is 2.70. The molecule has 1 aromatic heterocycles. The quantitative estimate of drug-likeness (QED) is 0.764. The van der Waals surface area contributed by atoms with E-state index in [1.54, 1.807) is 20.8 Å². The van der Waals surface area contributed by atoms with Gasteiger partial charge in [-0.3, -0.25) is 4.90 Å². The van der Waals surface area contributed by atoms with Crippen LogP contribution in [-0.4, -0.2) is 48.8 Å². The Hall–Kier alpha value is -1.19. The van der Waals surface area contributed by atoms with Crippen LogP contribution < -0.4 is 0 Å². The molecule has 0 aliphatic rings. The summed E-state index contributed by atoms with van der Waals surface area (Å²) in [5.74, 6) is -2.63. The third-order valence-corrected chi connectivity index (χ3v) is 2.66. The molecule has 0 radical (unpaired) electrons. The molecule has 108 valence electrons. The van der Waals surface area contributed by atoms with Crippen molar-refractivity contribution in [3.63, 3.8) is 0 Å². The van der Waals surface area contributed by atoms with Gasteiger partial charge in [-0.15, -0.1) is 10.2 Å². The van der Waals surface area contributed by atoms with E-state index >= 15 is 0 Å². The molecule has 0 saturated heterocycles. The molecule has 0 atom stereocenters. The van der Waals surface area contributed by atoms with Gasteiger partial charge in [-0.05, 0) is 36.7 Å². The Kier molecular flexibility index (Phi) is 4.23. The van der Waals surface area contributed by atoms with Gasteiger partial charge < -0.3 is 14.9 Å². The molecule has 9 heteroatoms. The largest absolute Gasteiger partial charge is 0.444 e. The lowest BCUT2D eigenvalue weighted by Gasteiger charge is -2.32. The molecule has 1 aromatic rings. The van der Waals surface area contributed by atoms with E-state index in [-0.39, 0.29) is 10.3 Å². The van der Waals surface area contributed by atoms with E-state index in [1.165, 1.54) is 14.1 Å². The van der Waals surface area contributed by atoms with Gasteiger partial charge in [-0.25, -0.2) is 4.79 Å². The second-order valence-corrected chi connectivity index (χ2v) is 5.75. The summed E-state index contributed by atoms with van der Waals surface area (Å²) in [5, 5.41) is 27.7. The van der Waals surface area contributed by atoms with Crippen molar-refractivity contribution in [3.05, 3.63) is 10.3 Å². The van der Waals surface area contributed by atoms with Crippen LogP contribution in [0.4, 0.5) is 4.79 Å². The summed E-state index contributed by atoms with van der Waals surface area (Å²) in [6.45, 7) is 5.02. The van der Waals surface area contributed by atoms with Crippen molar-refractivity contribution in [3.8, 4) is 0 Å². The number of aryl methyl sites for hydroxylation is 1. The highest BCUT2D eigenvalue weighted by atomic mass is 79.9. The number of carbonyl (C=O) groups excluding carboxylic acids is 1. The molecule has 1 heterocycles. The number of carbonyl (C=O) groups is 1. The fraction of sp³-hybridized carbons (Fsp3) is 0.700. The van der Waals surface area contributed by atoms with E-state index in [4.69, 9.17) is 4.74 Å². The Labute approximate surface area is 119 Å². The summed E-state index contributed by atoms with van der Waals surface area (Å²) >= 11 is 3.04. The number of hydrogen-bond donors (Lipinski definition) is 2. The molecular formula is C10H17BrN4O4. The molecule has 2 N–H and O–H groups in total. The molecule has 1 amide bonds. The van der Waals surface area contributed by atoms with Crippen molar-refractivity contribution in [2.45, 2.75) is 32.3 Å². The highest BCUT2D eigenvalue weighted by Gasteiger charge is 2.42. The number of aromatic nitrogens is 3. The molecule has 0 aromatic carbocycles. The number of hydrogen-bond acceptors (Lipinski definition) is 6. The van der Waals surface area contributed by atoms with Gasteiger partial charge in [0.2, 0.25) is 0 Å². The molecule has 0 unspecified atom stereocenters. The Bertz CT molecular complexity index is 480. The van der Waals surface area contributed by atoms with Crippen LogP contribution in [0.5, 0.6) is 0 Å². The summed E-state index contributed by atoms with van der Waals surface area (Å²) in [6, 6.07) is 0. The van der Waals surface area contributed by atoms with Crippen molar-refractivity contribution in [2.24, 2.45) is 7.05 Å². The van der Waals surface area contributed by atoms with Crippen LogP contribution in [0.3, 0.4) is 0 Å². The number of nitrogens with zero attached hydrogens (tertiary/aromatic N) is 4. The number of halogens is 1. The highest BCUT2D eigenvalue weighted by Crippen LogP contribution is 2.26. The zero-order valence-electron chi connectivity index (χ0n) is 11.4. The zero-order valence-corrected chi connectivity index (χ0v) is 13.0. The Morgan fingerprint density at radius 1 is 1.37 bits per heavy atom. The van der Waals surface area contributed by atoms with Crippen LogP contribution in [-0.2, 0) is 17.7 Å². The lowest BCUT2D eigenvalue weighted by atomic mass is 10.2. The number of ether oxygens (including phenoxy) is 1. The van der Waals surface area contributed by atoms with Gasteiger partial charge in [0.1, 0.15) is 5.60 Å². The normalized spacial score (nSPS) is 12.4. The van der Waals surface area contributed by atoms with Crippen molar-refractivity contribution in [1.82, 2.24) is 19.9 Å². The summed E-state index contributed by atoms with van der Waals surface area (Å²) in [5.41, 5.74) is -0.954. The molecule has 0 fully saturated rings. The first kappa shape index (κ1) is 15.9. The third-order valence-electron chi connectivity index (χ3n) is 2.13. The smallest absolute Gasteiger partial charge is 0.414 e. The maximum atomic E-state index is 11.8. The van der Waals surface area contributed by atoms with Crippen LogP contribution in [0.1, 0.15) is 26.5 Å². The Morgan fingerprint density at radius 2 is 1.89 bits per heavy atom. The van der Waals surface area contributed by atoms with Gasteiger partial charge in [-0.1, -0.05) is 0 Å². The average Bonchev–Trinajstić information content (AvgIpc) is 2.54. The highest BCUT2D eigenvalue weighted by molar-refractivity contribution is 9.10. The van der Waals surface area contributed by atoms with Crippen LogP contribution in [0.2, 0.25) is 0 Å². The second-order valence-electron chi connectivity index (χ2n) is 5.00. The Morgan fingerprint density at radius 3 is 2.26 bits per heavy atom.